The second-order valence-corrected chi connectivity index (χ2v) is 2.75. The molecule has 0 aliphatic carbocycles. The Morgan fingerprint density at radius 2 is 2.23 bits per heavy atom. The number of benzene rings is 1. The number of aromatic hydroxyl groups is 1. The molecular weight excluding hydrogens is 166 g/mol. The van der Waals surface area contributed by atoms with Gasteiger partial charge in [0.25, 0.3) is 0 Å². The van der Waals surface area contributed by atoms with Gasteiger partial charge in [-0.25, -0.2) is 0 Å². The Morgan fingerprint density at radius 1 is 1.54 bits per heavy atom. The largest absolute Gasteiger partial charge is 0.507 e. The lowest BCUT2D eigenvalue weighted by molar-refractivity contribution is 0.314. The van der Waals surface area contributed by atoms with E-state index in [1.165, 1.54) is 6.07 Å². The molecule has 1 radical (unpaired) electrons. The second-order valence-electron chi connectivity index (χ2n) is 2.75. The quantitative estimate of drug-likeness (QED) is 0.711. The van der Waals surface area contributed by atoms with E-state index in [0.29, 0.717) is 11.5 Å². The zero-order chi connectivity index (χ0) is 9.84. The molecule has 0 aromatic heterocycles. The summed E-state index contributed by atoms with van der Waals surface area (Å²) in [4.78, 5) is 0. The Hall–Kier alpha value is -1.53. The lowest BCUT2D eigenvalue weighted by atomic mass is 9.96. The van der Waals surface area contributed by atoms with Gasteiger partial charge in [-0.2, -0.15) is 5.26 Å². The van der Waals surface area contributed by atoms with Gasteiger partial charge in [-0.05, 0) is 11.6 Å². The van der Waals surface area contributed by atoms with Gasteiger partial charge >= 0.3 is 0 Å². The van der Waals surface area contributed by atoms with E-state index in [-0.39, 0.29) is 17.9 Å². The van der Waals surface area contributed by atoms with E-state index in [1.54, 1.807) is 19.1 Å². The molecule has 0 fully saturated rings. The summed E-state index contributed by atoms with van der Waals surface area (Å²) in [5, 5.41) is 26.9. The fourth-order valence-corrected chi connectivity index (χ4v) is 1.10. The smallest absolute Gasteiger partial charge is 0.133 e. The summed E-state index contributed by atoms with van der Waals surface area (Å²) in [7, 11) is 0. The lowest BCUT2D eigenvalue weighted by Crippen LogP contribution is -2.02. The van der Waals surface area contributed by atoms with Crippen LogP contribution in [0.15, 0.2) is 18.2 Å². The van der Waals surface area contributed by atoms with E-state index in [0.717, 1.165) is 0 Å². The first-order valence-electron chi connectivity index (χ1n) is 3.86. The zero-order valence-corrected chi connectivity index (χ0v) is 7.28. The summed E-state index contributed by atoms with van der Waals surface area (Å²) in [6.45, 7) is 1.60. The molecule has 1 rings (SSSR count). The van der Waals surface area contributed by atoms with Crippen molar-refractivity contribution in [1.82, 2.24) is 0 Å². The third-order valence-electron chi connectivity index (χ3n) is 1.85. The highest BCUT2D eigenvalue weighted by Crippen LogP contribution is 2.25. The first-order chi connectivity index (χ1) is 6.20. The van der Waals surface area contributed by atoms with Gasteiger partial charge in [-0.15, -0.1) is 0 Å². The molecule has 3 heteroatoms. The van der Waals surface area contributed by atoms with Crippen LogP contribution in [0.3, 0.4) is 0 Å². The van der Waals surface area contributed by atoms with E-state index in [9.17, 15) is 5.11 Å². The van der Waals surface area contributed by atoms with E-state index < -0.39 is 0 Å². The van der Waals surface area contributed by atoms with Gasteiger partial charge in [0.15, 0.2) is 0 Å². The maximum Gasteiger partial charge on any atom is 0.133 e. The maximum absolute atomic E-state index is 9.32. The molecule has 0 aliphatic rings. The minimum absolute atomic E-state index is 0.0483. The van der Waals surface area contributed by atoms with Crippen LogP contribution in [0.4, 0.5) is 0 Å². The third kappa shape index (κ3) is 1.79. The van der Waals surface area contributed by atoms with Crippen LogP contribution in [0.1, 0.15) is 18.1 Å². The molecule has 3 nitrogen and oxygen atoms in total. The molecule has 0 saturated carbocycles. The van der Waals surface area contributed by atoms with Crippen LogP contribution in [0.2, 0.25) is 0 Å². The van der Waals surface area contributed by atoms with Gasteiger partial charge in [-0.3, -0.25) is 0 Å². The molecule has 2 N–H and O–H groups in total. The number of aliphatic hydroxyl groups excluding tert-OH is 1. The average Bonchev–Trinajstić information content (AvgIpc) is 2.16. The van der Waals surface area contributed by atoms with E-state index >= 15 is 0 Å². The van der Waals surface area contributed by atoms with Crippen LogP contribution < -0.4 is 0 Å². The molecule has 0 aliphatic heterocycles. The van der Waals surface area contributed by atoms with Gasteiger partial charge in [0.2, 0.25) is 0 Å². The second kappa shape index (κ2) is 3.92. The van der Waals surface area contributed by atoms with Crippen LogP contribution in [0.5, 0.6) is 5.75 Å². The van der Waals surface area contributed by atoms with Crippen molar-refractivity contribution in [1.29, 1.82) is 5.26 Å². The fourth-order valence-electron chi connectivity index (χ4n) is 1.10. The number of nitriles is 1. The van der Waals surface area contributed by atoms with Crippen LogP contribution in [-0.2, 0) is 0 Å². The average molecular weight is 176 g/mol. The summed E-state index contributed by atoms with van der Waals surface area (Å²) >= 11 is 0. The number of aliphatic hydroxyl groups is 1. The fraction of sp³-hybridized carbons (Fsp3) is 0.200. The summed E-state index contributed by atoms with van der Waals surface area (Å²) in [6.07, 6.45) is 0. The van der Waals surface area contributed by atoms with E-state index in [2.05, 4.69) is 0 Å². The number of rotatable bonds is 2. The third-order valence-corrected chi connectivity index (χ3v) is 1.85. The molecule has 0 atom stereocenters. The standard InChI is InChI=1S/C10H10NO2/c1-7(6-12)8-3-2-4-10(13)9(8)5-11/h2-4,12-13H,6H2,1H3. The molecule has 1 aromatic carbocycles. The number of phenols is 1. The van der Waals surface area contributed by atoms with Gasteiger partial charge in [-0.1, -0.05) is 19.1 Å². The molecule has 67 valence electrons. The normalized spacial score (nSPS) is 10.0. The van der Waals surface area contributed by atoms with Gasteiger partial charge in [0, 0.05) is 5.92 Å². The monoisotopic (exact) mass is 176 g/mol. The molecule has 0 unspecified atom stereocenters. The Kier molecular flexibility index (Phi) is 2.88. The van der Waals surface area contributed by atoms with Gasteiger partial charge in [0.1, 0.15) is 11.8 Å². The Labute approximate surface area is 76.9 Å². The Bertz CT molecular complexity index is 341. The summed E-state index contributed by atoms with van der Waals surface area (Å²) < 4.78 is 0. The Balaban J connectivity index is 3.22. The maximum atomic E-state index is 9.32. The van der Waals surface area contributed by atoms with E-state index in [4.69, 9.17) is 10.4 Å². The zero-order valence-electron chi connectivity index (χ0n) is 7.28. The van der Waals surface area contributed by atoms with E-state index in [1.807, 2.05) is 6.07 Å². The number of hydrogen-bond donors (Lipinski definition) is 2. The molecule has 0 bridgehead atoms. The topological polar surface area (TPSA) is 64.2 Å². The molecule has 0 heterocycles. The molecule has 0 spiro atoms. The molecular formula is C10H10NO2. The molecule has 0 saturated heterocycles. The predicted molar refractivity (Wildman–Crippen MR) is 47.9 cm³/mol. The Morgan fingerprint density at radius 3 is 2.77 bits per heavy atom. The number of phenolic OH excluding ortho intramolecular Hbond substituents is 1. The van der Waals surface area contributed by atoms with Crippen LogP contribution >= 0.6 is 0 Å². The molecule has 0 amide bonds. The van der Waals surface area contributed by atoms with Gasteiger partial charge < -0.3 is 10.2 Å². The highest BCUT2D eigenvalue weighted by atomic mass is 16.3. The van der Waals surface area contributed by atoms with Crippen LogP contribution in [-0.4, -0.2) is 16.8 Å². The van der Waals surface area contributed by atoms with Crippen LogP contribution in [0, 0.1) is 17.2 Å². The van der Waals surface area contributed by atoms with Crippen molar-refractivity contribution < 1.29 is 10.2 Å². The number of nitrogens with zero attached hydrogens (tertiary/aromatic N) is 1. The van der Waals surface area contributed by atoms with Gasteiger partial charge in [0.05, 0.1) is 12.2 Å². The van der Waals surface area contributed by atoms with Crippen molar-refractivity contribution in [3.8, 4) is 11.8 Å². The minimum Gasteiger partial charge on any atom is -0.507 e. The van der Waals surface area contributed by atoms with Crippen molar-refractivity contribution in [2.75, 3.05) is 6.61 Å². The van der Waals surface area contributed by atoms with Crippen molar-refractivity contribution in [3.63, 3.8) is 0 Å². The SMILES string of the molecule is C[C](CO)c1cccc(O)c1C#N. The summed E-state index contributed by atoms with van der Waals surface area (Å²) in [5.74, 6) is 0.625. The lowest BCUT2D eigenvalue weighted by Gasteiger charge is -2.09. The molecule has 1 aromatic rings. The van der Waals surface area contributed by atoms with Crippen molar-refractivity contribution in [2.24, 2.45) is 0 Å². The number of hydrogen-bond acceptors (Lipinski definition) is 3. The van der Waals surface area contributed by atoms with Crippen molar-refractivity contribution in [2.45, 2.75) is 6.92 Å². The first-order valence-corrected chi connectivity index (χ1v) is 3.86. The highest BCUT2D eigenvalue weighted by molar-refractivity contribution is 5.52. The minimum atomic E-state index is -0.113. The first kappa shape index (κ1) is 9.56. The predicted octanol–water partition coefficient (Wildman–Crippen LogP) is 1.20. The van der Waals surface area contributed by atoms with Crippen molar-refractivity contribution >= 4 is 0 Å². The van der Waals surface area contributed by atoms with Crippen LogP contribution in [0.25, 0.3) is 0 Å². The highest BCUT2D eigenvalue weighted by Gasteiger charge is 2.12. The summed E-state index contributed by atoms with van der Waals surface area (Å²) in [5.41, 5.74) is 0.819. The molecule has 13 heavy (non-hydrogen) atoms. The van der Waals surface area contributed by atoms with Crippen molar-refractivity contribution in [3.05, 3.63) is 35.2 Å². The summed E-state index contributed by atoms with van der Waals surface area (Å²) in [6, 6.07) is 6.69.